The van der Waals surface area contributed by atoms with E-state index in [4.69, 9.17) is 0 Å². The minimum absolute atomic E-state index is 0.123. The lowest BCUT2D eigenvalue weighted by Crippen LogP contribution is -2.49. The zero-order chi connectivity index (χ0) is 20.4. The van der Waals surface area contributed by atoms with Gasteiger partial charge in [-0.15, -0.1) is 0 Å². The van der Waals surface area contributed by atoms with Crippen molar-refractivity contribution in [2.45, 2.75) is 12.5 Å². The van der Waals surface area contributed by atoms with Gasteiger partial charge < -0.3 is 4.98 Å². The number of fused-ring (bicyclic) bond motifs is 1. The van der Waals surface area contributed by atoms with Crippen LogP contribution >= 0.6 is 0 Å². The maximum Gasteiger partial charge on any atom is 0.211 e. The van der Waals surface area contributed by atoms with Gasteiger partial charge in [-0.25, -0.2) is 18.4 Å². The van der Waals surface area contributed by atoms with E-state index in [2.05, 4.69) is 31.0 Å². The molecule has 4 heterocycles. The molecule has 0 aromatic carbocycles. The molecular formula is C18H22N8O2S. The number of hydrogen-bond acceptors (Lipinski definition) is 7. The Morgan fingerprint density at radius 2 is 2.07 bits per heavy atom. The Morgan fingerprint density at radius 1 is 1.28 bits per heavy atom. The Kier molecular flexibility index (Phi) is 5.31. The van der Waals surface area contributed by atoms with Crippen molar-refractivity contribution in [1.82, 2.24) is 33.9 Å². The molecule has 1 unspecified atom stereocenters. The van der Waals surface area contributed by atoms with Crippen LogP contribution in [0.5, 0.6) is 0 Å². The third-order valence-corrected chi connectivity index (χ3v) is 6.50. The van der Waals surface area contributed by atoms with Crippen LogP contribution < -0.4 is 0 Å². The van der Waals surface area contributed by atoms with Crippen LogP contribution in [0.4, 0.5) is 0 Å². The first-order valence-corrected chi connectivity index (χ1v) is 11.2. The van der Waals surface area contributed by atoms with E-state index < -0.39 is 10.0 Å². The number of rotatable bonds is 6. The standard InChI is InChI=1S/C18H22N8O2S/c1-29(27,28)25-8-6-24(7-9-25)12-15(2-4-19)26-11-14(10-23-26)17-16-3-5-20-18(16)22-13-21-17/h3,5,10-11,13,15H,2,6-9,12H2,1H3,(H,20,21,22). The van der Waals surface area contributed by atoms with Gasteiger partial charge in [0.15, 0.2) is 0 Å². The first kappa shape index (κ1) is 19.5. The van der Waals surface area contributed by atoms with Gasteiger partial charge in [0.25, 0.3) is 0 Å². The number of H-pyrrole nitrogens is 1. The van der Waals surface area contributed by atoms with Crippen molar-refractivity contribution in [2.24, 2.45) is 0 Å². The predicted molar refractivity (Wildman–Crippen MR) is 107 cm³/mol. The fourth-order valence-corrected chi connectivity index (χ4v) is 4.48. The maximum absolute atomic E-state index is 11.7. The van der Waals surface area contributed by atoms with E-state index in [1.54, 1.807) is 6.20 Å². The number of piperazine rings is 1. The lowest BCUT2D eigenvalue weighted by molar-refractivity contribution is 0.163. The molecule has 10 nitrogen and oxygen atoms in total. The first-order valence-electron chi connectivity index (χ1n) is 9.33. The van der Waals surface area contributed by atoms with Crippen LogP contribution in [0.15, 0.2) is 31.0 Å². The zero-order valence-corrected chi connectivity index (χ0v) is 16.9. The maximum atomic E-state index is 11.7. The molecule has 1 aliphatic rings. The van der Waals surface area contributed by atoms with E-state index >= 15 is 0 Å². The van der Waals surface area contributed by atoms with Crippen molar-refractivity contribution in [3.8, 4) is 17.3 Å². The van der Waals surface area contributed by atoms with Gasteiger partial charge in [0.1, 0.15) is 12.0 Å². The van der Waals surface area contributed by atoms with Crippen molar-refractivity contribution < 1.29 is 8.42 Å². The van der Waals surface area contributed by atoms with Crippen molar-refractivity contribution in [3.05, 3.63) is 31.0 Å². The molecular weight excluding hydrogens is 392 g/mol. The molecule has 1 N–H and O–H groups in total. The van der Waals surface area contributed by atoms with Gasteiger partial charge in [-0.05, 0) is 6.07 Å². The molecule has 11 heteroatoms. The zero-order valence-electron chi connectivity index (χ0n) is 16.1. The van der Waals surface area contributed by atoms with Gasteiger partial charge in [0, 0.05) is 56.1 Å². The van der Waals surface area contributed by atoms with Crippen LogP contribution in [0.25, 0.3) is 22.3 Å². The molecule has 3 aromatic heterocycles. The Balaban J connectivity index is 1.50. The second kappa shape index (κ2) is 7.90. The fraction of sp³-hybridized carbons (Fsp3) is 0.444. The third kappa shape index (κ3) is 4.14. The number of sulfonamides is 1. The van der Waals surface area contributed by atoms with Gasteiger partial charge >= 0.3 is 0 Å². The molecule has 0 radical (unpaired) electrons. The smallest absolute Gasteiger partial charge is 0.211 e. The second-order valence-corrected chi connectivity index (χ2v) is 9.13. The number of nitrogens with one attached hydrogen (secondary N) is 1. The molecule has 1 aliphatic heterocycles. The van der Waals surface area contributed by atoms with Crippen molar-refractivity contribution in [3.63, 3.8) is 0 Å². The highest BCUT2D eigenvalue weighted by atomic mass is 32.2. The van der Waals surface area contributed by atoms with Gasteiger partial charge in [-0.3, -0.25) is 9.58 Å². The van der Waals surface area contributed by atoms with Gasteiger partial charge in [-0.1, -0.05) is 0 Å². The summed E-state index contributed by atoms with van der Waals surface area (Å²) in [5, 5.41) is 14.7. The first-order chi connectivity index (χ1) is 14.0. The van der Waals surface area contributed by atoms with Crippen molar-refractivity contribution in [1.29, 1.82) is 5.26 Å². The topological polar surface area (TPSA) is 124 Å². The van der Waals surface area contributed by atoms with E-state index in [9.17, 15) is 13.7 Å². The van der Waals surface area contributed by atoms with E-state index in [1.165, 1.54) is 16.9 Å². The van der Waals surface area contributed by atoms with Gasteiger partial charge in [0.2, 0.25) is 10.0 Å². The minimum atomic E-state index is -3.16. The predicted octanol–water partition coefficient (Wildman–Crippen LogP) is 0.853. The highest BCUT2D eigenvalue weighted by molar-refractivity contribution is 7.88. The lowest BCUT2D eigenvalue weighted by atomic mass is 10.1. The quantitative estimate of drug-likeness (QED) is 0.634. The molecule has 0 spiro atoms. The number of nitriles is 1. The van der Waals surface area contributed by atoms with Gasteiger partial charge in [0.05, 0.1) is 36.7 Å². The molecule has 0 amide bonds. The number of aromatic amines is 1. The molecule has 1 fully saturated rings. The Bertz CT molecular complexity index is 1140. The summed E-state index contributed by atoms with van der Waals surface area (Å²) in [6, 6.07) is 4.04. The van der Waals surface area contributed by atoms with Crippen LogP contribution in [0.3, 0.4) is 0 Å². The average molecular weight is 414 g/mol. The molecule has 4 rings (SSSR count). The summed E-state index contributed by atoms with van der Waals surface area (Å²) < 4.78 is 26.7. The molecule has 0 saturated carbocycles. The molecule has 3 aromatic rings. The van der Waals surface area contributed by atoms with Gasteiger partial charge in [-0.2, -0.15) is 14.7 Å². The van der Waals surface area contributed by atoms with Crippen LogP contribution in [0.2, 0.25) is 0 Å². The average Bonchev–Trinajstić information content (AvgIpc) is 3.37. The molecule has 0 aliphatic carbocycles. The summed E-state index contributed by atoms with van der Waals surface area (Å²) in [4.78, 5) is 13.9. The summed E-state index contributed by atoms with van der Waals surface area (Å²) in [7, 11) is -3.16. The number of hydrogen-bond donors (Lipinski definition) is 1. The van der Waals surface area contributed by atoms with E-state index in [1.807, 2.05) is 23.1 Å². The Labute approximate surface area is 168 Å². The summed E-state index contributed by atoms with van der Waals surface area (Å²) in [5.74, 6) is 0. The van der Waals surface area contributed by atoms with Crippen LogP contribution in [-0.4, -0.2) is 81.3 Å². The largest absolute Gasteiger partial charge is 0.346 e. The van der Waals surface area contributed by atoms with E-state index in [0.29, 0.717) is 39.1 Å². The van der Waals surface area contributed by atoms with Crippen LogP contribution in [0.1, 0.15) is 12.5 Å². The highest BCUT2D eigenvalue weighted by Gasteiger charge is 2.26. The molecule has 1 atom stereocenters. The molecule has 0 bridgehead atoms. The Hall–Kier alpha value is -2.81. The van der Waals surface area contributed by atoms with Crippen LogP contribution in [-0.2, 0) is 10.0 Å². The Morgan fingerprint density at radius 3 is 2.79 bits per heavy atom. The second-order valence-electron chi connectivity index (χ2n) is 7.15. The van der Waals surface area contributed by atoms with E-state index in [0.717, 1.165) is 22.3 Å². The molecule has 152 valence electrons. The van der Waals surface area contributed by atoms with Crippen molar-refractivity contribution >= 4 is 21.1 Å². The highest BCUT2D eigenvalue weighted by Crippen LogP contribution is 2.25. The van der Waals surface area contributed by atoms with Crippen molar-refractivity contribution in [2.75, 3.05) is 39.0 Å². The summed E-state index contributed by atoms with van der Waals surface area (Å²) >= 11 is 0. The fourth-order valence-electron chi connectivity index (χ4n) is 3.65. The number of aromatic nitrogens is 5. The lowest BCUT2D eigenvalue weighted by Gasteiger charge is -2.34. The summed E-state index contributed by atoms with van der Waals surface area (Å²) in [6.45, 7) is 2.84. The minimum Gasteiger partial charge on any atom is -0.346 e. The molecule has 1 saturated heterocycles. The van der Waals surface area contributed by atoms with E-state index in [-0.39, 0.29) is 6.04 Å². The SMILES string of the molecule is CS(=O)(=O)N1CCN(CC(CC#N)n2cc(-c3ncnc4[nH]ccc34)cn2)CC1. The monoisotopic (exact) mass is 414 g/mol. The van der Waals surface area contributed by atoms with Crippen LogP contribution in [0, 0.1) is 11.3 Å². The molecule has 29 heavy (non-hydrogen) atoms. The summed E-state index contributed by atoms with van der Waals surface area (Å²) in [5.41, 5.74) is 2.42. The summed E-state index contributed by atoms with van der Waals surface area (Å²) in [6.07, 6.45) is 8.55. The third-order valence-electron chi connectivity index (χ3n) is 5.20. The normalized spacial score (nSPS) is 17.4. The number of nitrogens with zero attached hydrogens (tertiary/aromatic N) is 7.